The average molecular weight is 868 g/mol. The molecule has 7 rings (SSSR count). The van der Waals surface area contributed by atoms with Crippen LogP contribution in [0.4, 0.5) is 17.1 Å². The number of nitro groups is 1. The van der Waals surface area contributed by atoms with E-state index in [0.717, 1.165) is 80.7 Å². The zero-order valence-electron chi connectivity index (χ0n) is 33.9. The highest BCUT2D eigenvalue weighted by Gasteiger charge is 2.29. The molecule has 0 aliphatic carbocycles. The fourth-order valence-corrected chi connectivity index (χ4v) is 10.2. The van der Waals surface area contributed by atoms with Gasteiger partial charge in [-0.3, -0.25) is 24.7 Å². The maximum Gasteiger partial charge on any atom is 0.293 e. The van der Waals surface area contributed by atoms with E-state index in [1.54, 1.807) is 23.9 Å². The number of anilines is 2. The second-order valence-electron chi connectivity index (χ2n) is 15.6. The Bertz CT molecular complexity index is 2350. The van der Waals surface area contributed by atoms with Crippen molar-refractivity contribution in [2.24, 2.45) is 0 Å². The van der Waals surface area contributed by atoms with Gasteiger partial charge in [0.05, 0.1) is 9.82 Å². The minimum absolute atomic E-state index is 0.133. The first-order chi connectivity index (χ1) is 28.9. The van der Waals surface area contributed by atoms with Gasteiger partial charge >= 0.3 is 0 Å². The van der Waals surface area contributed by atoms with Gasteiger partial charge in [0.25, 0.3) is 21.6 Å². The summed E-state index contributed by atoms with van der Waals surface area (Å²) in [4.78, 5) is 32.9. The van der Waals surface area contributed by atoms with E-state index in [4.69, 9.17) is 11.6 Å². The molecule has 0 bridgehead atoms. The lowest BCUT2D eigenvalue weighted by molar-refractivity contribution is -0.384. The number of carbonyl (C=O) groups excluding carboxylic acids is 1. The molecule has 5 aromatic rings. The predicted molar refractivity (Wildman–Crippen MR) is 243 cm³/mol. The van der Waals surface area contributed by atoms with E-state index in [1.807, 2.05) is 72.8 Å². The number of nitrogens with zero attached hydrogens (tertiary/aromatic N) is 4. The third-order valence-corrected chi connectivity index (χ3v) is 14.3. The molecular weight excluding hydrogens is 816 g/mol. The first-order valence-electron chi connectivity index (χ1n) is 20.4. The molecule has 2 N–H and O–H groups in total. The van der Waals surface area contributed by atoms with Gasteiger partial charge in [0.2, 0.25) is 0 Å². The Morgan fingerprint density at radius 1 is 0.867 bits per heavy atom. The Balaban J connectivity index is 0.965. The molecule has 0 radical (unpaired) electrons. The first kappa shape index (κ1) is 43.2. The Morgan fingerprint density at radius 3 is 2.22 bits per heavy atom. The van der Waals surface area contributed by atoms with Gasteiger partial charge in [0.1, 0.15) is 5.69 Å². The molecule has 0 saturated carbocycles. The Labute approximate surface area is 362 Å². The summed E-state index contributed by atoms with van der Waals surface area (Å²) in [6.45, 7) is 9.39. The van der Waals surface area contributed by atoms with Crippen LogP contribution >= 0.6 is 23.4 Å². The summed E-state index contributed by atoms with van der Waals surface area (Å²) in [5.41, 5.74) is 4.50. The van der Waals surface area contributed by atoms with E-state index < -0.39 is 20.9 Å². The molecular formula is C46H51ClN6O5S2. The maximum atomic E-state index is 13.5. The molecule has 0 aromatic heterocycles. The number of hydrogen-bond acceptors (Lipinski definition) is 10. The van der Waals surface area contributed by atoms with Crippen LogP contribution < -0.4 is 14.9 Å². The van der Waals surface area contributed by atoms with Crippen LogP contribution in [0.1, 0.15) is 49.0 Å². The molecule has 3 atom stereocenters. The van der Waals surface area contributed by atoms with Gasteiger partial charge in [-0.1, -0.05) is 66.2 Å². The number of piperazine rings is 1. The van der Waals surface area contributed by atoms with Crippen molar-refractivity contribution in [2.45, 2.75) is 67.6 Å². The van der Waals surface area contributed by atoms with Crippen LogP contribution in [0.2, 0.25) is 5.02 Å². The summed E-state index contributed by atoms with van der Waals surface area (Å²) in [5, 5.41) is 16.4. The van der Waals surface area contributed by atoms with E-state index >= 15 is 0 Å². The molecule has 2 heterocycles. The largest absolute Gasteiger partial charge is 0.376 e. The zero-order chi connectivity index (χ0) is 42.2. The molecule has 2 saturated heterocycles. The number of nitro benzene ring substituents is 1. The molecule has 314 valence electrons. The van der Waals surface area contributed by atoms with E-state index in [-0.39, 0.29) is 27.9 Å². The Hall–Kier alpha value is -4.92. The van der Waals surface area contributed by atoms with Crippen molar-refractivity contribution in [3.05, 3.63) is 148 Å². The number of carbonyl (C=O) groups is 1. The first-order valence-corrected chi connectivity index (χ1v) is 23.2. The van der Waals surface area contributed by atoms with Crippen LogP contribution in [0.15, 0.2) is 131 Å². The van der Waals surface area contributed by atoms with Gasteiger partial charge in [-0.2, -0.15) is 0 Å². The highest BCUT2D eigenvalue weighted by molar-refractivity contribution is 7.99. The number of hydrogen-bond donors (Lipinski definition) is 2. The van der Waals surface area contributed by atoms with Gasteiger partial charge < -0.3 is 10.2 Å². The molecule has 1 amide bonds. The van der Waals surface area contributed by atoms with Crippen LogP contribution in [0.5, 0.6) is 0 Å². The van der Waals surface area contributed by atoms with Gasteiger partial charge in [-0.15, -0.1) is 11.8 Å². The van der Waals surface area contributed by atoms with Crippen molar-refractivity contribution in [3.8, 4) is 11.1 Å². The van der Waals surface area contributed by atoms with E-state index in [1.165, 1.54) is 23.3 Å². The van der Waals surface area contributed by atoms with Crippen LogP contribution in [-0.4, -0.2) is 85.7 Å². The summed E-state index contributed by atoms with van der Waals surface area (Å²) in [5.74, 6) is -0.164. The minimum Gasteiger partial charge on any atom is -0.376 e. The second-order valence-corrected chi connectivity index (χ2v) is 18.8. The standard InChI is InChI=1S/C46H51ClN6O5S2/c1-33-12-13-34(2)52(33)25-24-39(32-59-41-9-4-3-5-10-41)48-44-23-22-42(30-45(44)53(55)56)60(57,58)49-46(54)36-16-20-40(21-17-36)51-28-26-50(27-29-51)31-37-8-6-7-11-43(37)35-14-18-38(47)19-15-35/h3-11,14-23,30,33-34,39,48H,12-13,24-29,31-32H2,1-2H3,(H,49,54)/t33-,34+,39-/m1/s1. The maximum absolute atomic E-state index is 13.5. The van der Waals surface area contributed by atoms with Gasteiger partial charge in [-0.05, 0) is 110 Å². The molecule has 2 fully saturated rings. The lowest BCUT2D eigenvalue weighted by Gasteiger charge is -2.36. The molecule has 0 spiro atoms. The number of thioether (sulfide) groups is 1. The molecule has 0 unspecified atom stereocenters. The van der Waals surface area contributed by atoms with Gasteiger partial charge in [0, 0.05) is 90.4 Å². The molecule has 2 aliphatic rings. The number of amides is 1. The van der Waals surface area contributed by atoms with Crippen molar-refractivity contribution < 1.29 is 18.1 Å². The lowest BCUT2D eigenvalue weighted by atomic mass is 9.99. The highest BCUT2D eigenvalue weighted by Crippen LogP contribution is 2.32. The summed E-state index contributed by atoms with van der Waals surface area (Å²) < 4.78 is 29.1. The number of nitrogens with one attached hydrogen (secondary N) is 2. The summed E-state index contributed by atoms with van der Waals surface area (Å²) in [6.07, 6.45) is 3.03. The van der Waals surface area contributed by atoms with Crippen molar-refractivity contribution in [1.82, 2.24) is 14.5 Å². The molecule has 2 aliphatic heterocycles. The Morgan fingerprint density at radius 2 is 1.53 bits per heavy atom. The number of rotatable bonds is 16. The molecule has 5 aromatic carbocycles. The fraction of sp³-hybridized carbons (Fsp3) is 0.326. The van der Waals surface area contributed by atoms with Crippen molar-refractivity contribution in [3.63, 3.8) is 0 Å². The number of sulfonamides is 1. The van der Waals surface area contributed by atoms with E-state index in [9.17, 15) is 23.3 Å². The average Bonchev–Trinajstić information content (AvgIpc) is 3.58. The van der Waals surface area contributed by atoms with Crippen molar-refractivity contribution in [1.29, 1.82) is 0 Å². The van der Waals surface area contributed by atoms with Crippen molar-refractivity contribution in [2.75, 3.05) is 48.7 Å². The highest BCUT2D eigenvalue weighted by atomic mass is 35.5. The zero-order valence-corrected chi connectivity index (χ0v) is 36.3. The second kappa shape index (κ2) is 19.6. The quantitative estimate of drug-likeness (QED) is 0.0563. The summed E-state index contributed by atoms with van der Waals surface area (Å²) in [6, 6.07) is 37.7. The number of halogens is 1. The molecule has 60 heavy (non-hydrogen) atoms. The van der Waals surface area contributed by atoms with Gasteiger partial charge in [-0.25, -0.2) is 13.1 Å². The van der Waals surface area contributed by atoms with Crippen LogP contribution in [0.25, 0.3) is 11.1 Å². The van der Waals surface area contributed by atoms with Crippen LogP contribution in [0, 0.1) is 10.1 Å². The smallest absolute Gasteiger partial charge is 0.293 e. The summed E-state index contributed by atoms with van der Waals surface area (Å²) in [7, 11) is -4.44. The number of likely N-dealkylation sites (tertiary alicyclic amines) is 1. The normalized spacial score (nSPS) is 17.9. The summed E-state index contributed by atoms with van der Waals surface area (Å²) >= 11 is 7.79. The van der Waals surface area contributed by atoms with Crippen molar-refractivity contribution >= 4 is 56.4 Å². The van der Waals surface area contributed by atoms with Crippen LogP contribution in [0.3, 0.4) is 0 Å². The lowest BCUT2D eigenvalue weighted by Crippen LogP contribution is -2.46. The third kappa shape index (κ3) is 10.9. The monoisotopic (exact) mass is 866 g/mol. The van der Waals surface area contributed by atoms with E-state index in [0.29, 0.717) is 22.9 Å². The Kier molecular flexibility index (Phi) is 14.1. The predicted octanol–water partition coefficient (Wildman–Crippen LogP) is 9.19. The molecule has 11 nitrogen and oxygen atoms in total. The van der Waals surface area contributed by atoms with E-state index in [2.05, 4.69) is 56.8 Å². The topological polar surface area (TPSA) is 128 Å². The number of benzene rings is 5. The van der Waals surface area contributed by atoms with Crippen LogP contribution in [-0.2, 0) is 16.6 Å². The fourth-order valence-electron chi connectivity index (χ4n) is 8.11. The molecule has 14 heteroatoms. The van der Waals surface area contributed by atoms with Gasteiger partial charge in [0.15, 0.2) is 0 Å². The third-order valence-electron chi connectivity index (χ3n) is 11.6. The SMILES string of the molecule is C[C@@H]1CC[C@H](C)N1CC[C@H](CSc1ccccc1)Nc1ccc(S(=O)(=O)NC(=O)c2ccc(N3CCN(Cc4ccccc4-c4ccc(Cl)cc4)CC3)cc2)cc1[N+](=O)[O-]. The minimum atomic E-state index is -4.44.